The fraction of sp³-hybridized carbons (Fsp3) is 0.125. The number of aromatic nitrogens is 6. The Hall–Kier alpha value is -10.2. The van der Waals surface area contributed by atoms with Gasteiger partial charge in [0, 0.05) is 97.5 Å². The molecule has 15 rings (SSSR count). The molecule has 0 amide bonds. The van der Waals surface area contributed by atoms with Crippen LogP contribution in [0.1, 0.15) is 73.9 Å². The SMILES string of the molecule is CC(C)Cc1ccc(-c2ccnc(-c3[c-]cccc3)c2)cc1.CC(C)c1ccc(-c2ccnc(-c3[c-]cccc3)c2)cc1.CCc1ccc(-c2ccnc(-c3[c-]cccc3)c2)cc1.Cc1ccc(-c2[c-]cccc2)nc1.Cc1ccc(-c2[c-]cccc2)nc1.Cc1ccc(-c2[c-]cccc2)nc1.[Ir].[Ir].[Ir]. The van der Waals surface area contributed by atoms with Crippen LogP contribution >= 0.6 is 0 Å². The quantitative estimate of drug-likeness (QED) is 0.107. The fourth-order valence-electron chi connectivity index (χ4n) is 10.8. The molecule has 9 aromatic carbocycles. The zero-order valence-electron chi connectivity index (χ0n) is 60.4. The van der Waals surface area contributed by atoms with Crippen molar-refractivity contribution < 1.29 is 60.3 Å². The molecule has 15 aromatic rings. The molecule has 0 saturated heterocycles. The van der Waals surface area contributed by atoms with Crippen molar-refractivity contribution in [2.45, 2.75) is 74.1 Å². The van der Waals surface area contributed by atoms with Gasteiger partial charge in [-0.1, -0.05) is 162 Å². The van der Waals surface area contributed by atoms with Gasteiger partial charge in [0.15, 0.2) is 0 Å². The Morgan fingerprint density at radius 3 is 0.790 bits per heavy atom. The minimum absolute atomic E-state index is 0. The molecule has 0 aliphatic carbocycles. The van der Waals surface area contributed by atoms with E-state index in [2.05, 4.69) is 222 Å². The molecule has 0 saturated carbocycles. The standard InChI is InChI=1S/C21H20N.C20H18N.C19H16N.3C12H10N.3Ir/c1-16(2)14-17-8-10-18(11-9-17)20-12-13-22-21(15-20)19-6-4-3-5-7-19;1-15(2)16-8-10-17(11-9-16)19-12-13-21-20(14-19)18-6-4-3-5-7-18;1-2-15-8-10-16(11-9-15)18-12-13-20-19(14-18)17-6-4-3-5-7-17;3*1-10-7-8-12(13-9-10)11-5-3-2-4-6-11;;;/h3-6,8-13,15-16H,14H2,1-2H3;3-6,8-15H,1-2H3;3-6,8-14H,2H2,1H3;3*2-5,7-9H,1H3;;;/q6*-1;;;. The molecule has 531 valence electrons. The third-order valence-electron chi connectivity index (χ3n) is 16.5. The molecule has 9 heteroatoms. The molecule has 0 aliphatic rings. The molecule has 0 unspecified atom stereocenters. The Morgan fingerprint density at radius 2 is 0.552 bits per heavy atom. The van der Waals surface area contributed by atoms with Crippen molar-refractivity contribution in [3.63, 3.8) is 0 Å². The summed E-state index contributed by atoms with van der Waals surface area (Å²) in [4.78, 5) is 26.3. The molecule has 0 bridgehead atoms. The van der Waals surface area contributed by atoms with Gasteiger partial charge in [0.2, 0.25) is 0 Å². The zero-order chi connectivity index (χ0) is 71.1. The van der Waals surface area contributed by atoms with Crippen molar-refractivity contribution in [1.29, 1.82) is 0 Å². The summed E-state index contributed by atoms with van der Waals surface area (Å²) < 4.78 is 0. The van der Waals surface area contributed by atoms with Gasteiger partial charge in [-0.2, -0.15) is 0 Å². The monoisotopic (exact) mass is 1900 g/mol. The smallest absolute Gasteiger partial charge is 0.0190 e. The molecule has 6 aromatic heterocycles. The first-order valence-corrected chi connectivity index (χ1v) is 34.7. The Kier molecular flexibility index (Phi) is 34.3. The van der Waals surface area contributed by atoms with E-state index in [1.807, 2.05) is 228 Å². The van der Waals surface area contributed by atoms with Gasteiger partial charge in [0.25, 0.3) is 0 Å². The average Bonchev–Trinajstić information content (AvgIpc) is 0.839. The van der Waals surface area contributed by atoms with E-state index >= 15 is 0 Å². The van der Waals surface area contributed by atoms with Gasteiger partial charge in [-0.25, -0.2) is 0 Å². The largest absolute Gasteiger partial charge is 0.305 e. The summed E-state index contributed by atoms with van der Waals surface area (Å²) in [5.74, 6) is 1.25. The second kappa shape index (κ2) is 43.8. The Morgan fingerprint density at radius 1 is 0.276 bits per heavy atom. The predicted molar refractivity (Wildman–Crippen MR) is 424 cm³/mol. The average molecular weight is 1900 g/mol. The predicted octanol–water partition coefficient (Wildman–Crippen LogP) is 24.1. The van der Waals surface area contributed by atoms with Crippen LogP contribution in [-0.4, -0.2) is 29.9 Å². The van der Waals surface area contributed by atoms with Crippen LogP contribution in [0.25, 0.3) is 101 Å². The molecular formula is C96H84Ir3N6-6. The molecule has 0 spiro atoms. The summed E-state index contributed by atoms with van der Waals surface area (Å²) in [5, 5.41) is 0. The Balaban J connectivity index is 0.000000177. The molecule has 105 heavy (non-hydrogen) atoms. The van der Waals surface area contributed by atoms with E-state index in [0.717, 1.165) is 80.4 Å². The van der Waals surface area contributed by atoms with E-state index in [0.29, 0.717) is 11.8 Å². The van der Waals surface area contributed by atoms with Crippen molar-refractivity contribution in [1.82, 2.24) is 29.9 Å². The second-order valence-corrected chi connectivity index (χ2v) is 25.2. The summed E-state index contributed by atoms with van der Waals surface area (Å²) in [5.41, 5.74) is 26.9. The topological polar surface area (TPSA) is 77.3 Å². The van der Waals surface area contributed by atoms with E-state index in [1.165, 1.54) is 66.8 Å². The first kappa shape index (κ1) is 82.1. The van der Waals surface area contributed by atoms with Crippen molar-refractivity contribution >= 4 is 0 Å². The first-order valence-electron chi connectivity index (χ1n) is 34.7. The summed E-state index contributed by atoms with van der Waals surface area (Å²) >= 11 is 0. The van der Waals surface area contributed by atoms with Crippen molar-refractivity contribution in [3.05, 3.63) is 398 Å². The maximum absolute atomic E-state index is 4.46. The van der Waals surface area contributed by atoms with Crippen LogP contribution in [0.5, 0.6) is 0 Å². The fourth-order valence-corrected chi connectivity index (χ4v) is 10.8. The van der Waals surface area contributed by atoms with Crippen LogP contribution in [0.4, 0.5) is 0 Å². The number of rotatable bonds is 13. The van der Waals surface area contributed by atoms with Crippen molar-refractivity contribution in [2.75, 3.05) is 0 Å². The van der Waals surface area contributed by atoms with Crippen molar-refractivity contribution in [2.24, 2.45) is 5.92 Å². The number of aryl methyl sites for hydroxylation is 4. The second-order valence-electron chi connectivity index (χ2n) is 25.2. The molecule has 0 fully saturated rings. The summed E-state index contributed by atoms with van der Waals surface area (Å²) in [7, 11) is 0. The molecular weight excluding hydrogens is 1810 g/mol. The maximum Gasteiger partial charge on any atom is 0.0190 e. The maximum atomic E-state index is 4.46. The summed E-state index contributed by atoms with van der Waals surface area (Å²) in [6.45, 7) is 17.2. The van der Waals surface area contributed by atoms with E-state index in [4.69, 9.17) is 0 Å². The van der Waals surface area contributed by atoms with Gasteiger partial charge >= 0.3 is 0 Å². The normalized spacial score (nSPS) is 10.1. The zero-order valence-corrected chi connectivity index (χ0v) is 67.6. The van der Waals surface area contributed by atoms with E-state index in [9.17, 15) is 0 Å². The van der Waals surface area contributed by atoms with Gasteiger partial charge in [0.05, 0.1) is 0 Å². The summed E-state index contributed by atoms with van der Waals surface area (Å²) in [6.07, 6.45) is 13.4. The number of pyridine rings is 6. The summed E-state index contributed by atoms with van der Waals surface area (Å²) in [6, 6.07) is 118. The van der Waals surface area contributed by atoms with E-state index in [1.54, 1.807) is 0 Å². The number of hydrogen-bond acceptors (Lipinski definition) is 6. The molecule has 0 atom stereocenters. The number of nitrogens with zero attached hydrogens (tertiary/aromatic N) is 6. The third-order valence-corrected chi connectivity index (χ3v) is 16.5. The molecule has 0 aliphatic heterocycles. The van der Waals surface area contributed by atoms with Crippen LogP contribution < -0.4 is 0 Å². The van der Waals surface area contributed by atoms with Gasteiger partial charge in [0.1, 0.15) is 0 Å². The van der Waals surface area contributed by atoms with Crippen LogP contribution in [0, 0.1) is 63.1 Å². The van der Waals surface area contributed by atoms with E-state index < -0.39 is 0 Å². The van der Waals surface area contributed by atoms with Gasteiger partial charge < -0.3 is 29.9 Å². The van der Waals surface area contributed by atoms with Gasteiger partial charge in [-0.15, -0.1) is 215 Å². The molecule has 6 nitrogen and oxygen atoms in total. The van der Waals surface area contributed by atoms with Crippen LogP contribution in [0.2, 0.25) is 0 Å². The first-order chi connectivity index (χ1) is 49.9. The third kappa shape index (κ3) is 26.2. The van der Waals surface area contributed by atoms with Crippen LogP contribution in [-0.2, 0) is 73.2 Å². The van der Waals surface area contributed by atoms with Crippen LogP contribution in [0.15, 0.2) is 328 Å². The minimum Gasteiger partial charge on any atom is -0.305 e. The minimum atomic E-state index is 0. The Labute approximate surface area is 663 Å². The molecule has 6 heterocycles. The number of hydrogen-bond donors (Lipinski definition) is 0. The number of benzene rings is 9. The Bertz CT molecular complexity index is 4690. The van der Waals surface area contributed by atoms with Crippen LogP contribution in [0.3, 0.4) is 0 Å². The van der Waals surface area contributed by atoms with Gasteiger partial charge in [-0.05, 0) is 165 Å². The molecule has 3 radical (unpaired) electrons. The van der Waals surface area contributed by atoms with Crippen molar-refractivity contribution in [3.8, 4) is 101 Å². The van der Waals surface area contributed by atoms with E-state index in [-0.39, 0.29) is 60.3 Å². The van der Waals surface area contributed by atoms with Gasteiger partial charge in [-0.3, -0.25) is 0 Å². The molecule has 0 N–H and O–H groups in total.